The van der Waals surface area contributed by atoms with Crippen LogP contribution in [0.3, 0.4) is 0 Å². The second-order valence-corrected chi connectivity index (χ2v) is 9.39. The van der Waals surface area contributed by atoms with E-state index in [1.165, 1.54) is 0 Å². The molecular weight excluding hydrogens is 327 g/mol. The van der Waals surface area contributed by atoms with Gasteiger partial charge < -0.3 is 0 Å². The van der Waals surface area contributed by atoms with Crippen LogP contribution in [0.15, 0.2) is 91.0 Å². The Bertz CT molecular complexity index is 871. The van der Waals surface area contributed by atoms with Crippen LogP contribution in [-0.4, -0.2) is 16.9 Å². The van der Waals surface area contributed by atoms with Crippen molar-refractivity contribution < 1.29 is 9.59 Å². The lowest BCUT2D eigenvalue weighted by molar-refractivity contribution is -0.125. The van der Waals surface area contributed by atoms with E-state index in [9.17, 15) is 9.59 Å². The topological polar surface area (TPSA) is 34.1 Å². The van der Waals surface area contributed by atoms with Crippen LogP contribution in [0.1, 0.15) is 6.42 Å². The number of rotatable bonds is 3. The maximum atomic E-state index is 12.6. The van der Waals surface area contributed by atoms with E-state index < -0.39 is 6.89 Å². The van der Waals surface area contributed by atoms with Crippen molar-refractivity contribution in [2.75, 3.05) is 0 Å². The average Bonchev–Trinajstić information content (AvgIpc) is 2.68. The summed E-state index contributed by atoms with van der Waals surface area (Å²) in [6.45, 7) is -2.45. The molecule has 3 aromatic rings. The molecule has 1 aliphatic rings. The Balaban J connectivity index is 2.22. The van der Waals surface area contributed by atoms with E-state index in [0.29, 0.717) is 5.29 Å². The summed E-state index contributed by atoms with van der Waals surface area (Å²) >= 11 is 0. The van der Waals surface area contributed by atoms with E-state index in [1.54, 1.807) is 0 Å². The highest BCUT2D eigenvalue weighted by Gasteiger charge is 2.42. The molecule has 0 amide bonds. The molecule has 0 unspecified atom stereocenters. The first-order valence-electron chi connectivity index (χ1n) is 8.24. The van der Waals surface area contributed by atoms with E-state index in [-0.39, 0.29) is 18.0 Å². The molecule has 2 nitrogen and oxygen atoms in total. The normalized spacial score (nSPS) is 14.3. The van der Waals surface area contributed by atoms with Gasteiger partial charge in [0.05, 0.1) is 11.7 Å². The fraction of sp³-hybridized carbons (Fsp3) is 0.0455. The molecule has 1 saturated carbocycles. The van der Waals surface area contributed by atoms with Crippen molar-refractivity contribution in [2.24, 2.45) is 0 Å². The Morgan fingerprint density at radius 1 is 0.520 bits per heavy atom. The summed E-state index contributed by atoms with van der Waals surface area (Å²) in [4.78, 5) is 25.2. The van der Waals surface area contributed by atoms with Gasteiger partial charge in [-0.2, -0.15) is 0 Å². The van der Waals surface area contributed by atoms with Crippen LogP contribution in [0, 0.1) is 0 Å². The van der Waals surface area contributed by atoms with Gasteiger partial charge in [-0.1, -0.05) is 91.0 Å². The molecule has 122 valence electrons. The number of hydrogen-bond acceptors (Lipinski definition) is 2. The van der Waals surface area contributed by atoms with Gasteiger partial charge in [0.1, 0.15) is 0 Å². The SMILES string of the molecule is O=C1CC(=O)C1=P(c1ccccc1)(c1ccccc1)c1ccccc1. The zero-order valence-electron chi connectivity index (χ0n) is 13.6. The molecule has 0 N–H and O–H groups in total. The van der Waals surface area contributed by atoms with Crippen molar-refractivity contribution in [1.29, 1.82) is 0 Å². The van der Waals surface area contributed by atoms with Crippen molar-refractivity contribution >= 4 is 39.7 Å². The Morgan fingerprint density at radius 3 is 1.12 bits per heavy atom. The smallest absolute Gasteiger partial charge is 0.175 e. The quantitative estimate of drug-likeness (QED) is 0.541. The van der Waals surface area contributed by atoms with Crippen molar-refractivity contribution in [3.63, 3.8) is 0 Å². The third kappa shape index (κ3) is 2.42. The lowest BCUT2D eigenvalue weighted by atomic mass is 9.96. The van der Waals surface area contributed by atoms with Gasteiger partial charge in [0.15, 0.2) is 11.6 Å². The van der Waals surface area contributed by atoms with Gasteiger partial charge in [-0.3, -0.25) is 9.59 Å². The zero-order chi connectivity index (χ0) is 17.3. The molecule has 0 bridgehead atoms. The fourth-order valence-electron chi connectivity index (χ4n) is 3.53. The molecule has 0 saturated heterocycles. The Kier molecular flexibility index (Phi) is 3.99. The lowest BCUT2D eigenvalue weighted by Gasteiger charge is -2.34. The molecule has 0 aliphatic heterocycles. The van der Waals surface area contributed by atoms with Crippen LogP contribution in [0.2, 0.25) is 0 Å². The minimum Gasteiger partial charge on any atom is -0.293 e. The van der Waals surface area contributed by atoms with Gasteiger partial charge in [-0.15, -0.1) is 0 Å². The largest absolute Gasteiger partial charge is 0.293 e. The second-order valence-electron chi connectivity index (χ2n) is 6.05. The predicted molar refractivity (Wildman–Crippen MR) is 105 cm³/mol. The summed E-state index contributed by atoms with van der Waals surface area (Å²) < 4.78 is 0. The fourth-order valence-corrected chi connectivity index (χ4v) is 7.96. The number of carbonyl (C=O) groups is 2. The first kappa shape index (κ1) is 15.8. The molecular formula is C22H17O2P. The van der Waals surface area contributed by atoms with Crippen molar-refractivity contribution in [3.05, 3.63) is 91.0 Å². The van der Waals surface area contributed by atoms with Crippen molar-refractivity contribution in [2.45, 2.75) is 6.42 Å². The minimum absolute atomic E-state index is 0.0186. The van der Waals surface area contributed by atoms with Gasteiger partial charge in [0, 0.05) is 0 Å². The van der Waals surface area contributed by atoms with Gasteiger partial charge in [0.25, 0.3) is 0 Å². The molecule has 0 spiro atoms. The van der Waals surface area contributed by atoms with Crippen LogP contribution in [-0.2, 0) is 9.59 Å². The summed E-state index contributed by atoms with van der Waals surface area (Å²) in [6, 6.07) is 30.0. The average molecular weight is 344 g/mol. The summed E-state index contributed by atoms with van der Waals surface area (Å²) in [5.41, 5.74) is 0. The monoisotopic (exact) mass is 344 g/mol. The first-order chi connectivity index (χ1) is 12.2. The summed E-state index contributed by atoms with van der Waals surface area (Å²) in [5.74, 6) is -0.0372. The van der Waals surface area contributed by atoms with Gasteiger partial charge in [-0.25, -0.2) is 0 Å². The molecule has 0 aromatic heterocycles. The van der Waals surface area contributed by atoms with Gasteiger partial charge >= 0.3 is 0 Å². The maximum Gasteiger partial charge on any atom is 0.175 e. The van der Waals surface area contributed by atoms with E-state index in [1.807, 2.05) is 91.0 Å². The van der Waals surface area contributed by atoms with Crippen molar-refractivity contribution in [1.82, 2.24) is 0 Å². The highest BCUT2D eigenvalue weighted by molar-refractivity contribution is 7.98. The second kappa shape index (κ2) is 6.31. The zero-order valence-corrected chi connectivity index (χ0v) is 14.5. The highest BCUT2D eigenvalue weighted by atomic mass is 31.2. The predicted octanol–water partition coefficient (Wildman–Crippen LogP) is 2.69. The summed E-state index contributed by atoms with van der Waals surface area (Å²) in [6.07, 6.45) is 0.0313. The lowest BCUT2D eigenvalue weighted by Crippen LogP contribution is -2.45. The van der Waals surface area contributed by atoms with E-state index in [2.05, 4.69) is 0 Å². The van der Waals surface area contributed by atoms with E-state index in [0.717, 1.165) is 15.9 Å². The molecule has 0 heterocycles. The molecule has 1 aliphatic carbocycles. The van der Waals surface area contributed by atoms with Crippen LogP contribution in [0.25, 0.3) is 0 Å². The van der Waals surface area contributed by atoms with Crippen molar-refractivity contribution in [3.8, 4) is 0 Å². The summed E-state index contributed by atoms with van der Waals surface area (Å²) in [7, 11) is 0. The third-order valence-corrected chi connectivity index (χ3v) is 9.00. The Hall–Kier alpha value is -2.70. The standard InChI is InChI=1S/C22H17O2P/c23-20-16-21(24)22(20)25(17-10-4-1-5-11-17,18-12-6-2-7-13-18)19-14-8-3-9-15-19/h1-15H,16H2. The van der Waals surface area contributed by atoms with Crippen LogP contribution < -0.4 is 15.9 Å². The Labute approximate surface area is 147 Å². The molecule has 3 aromatic carbocycles. The van der Waals surface area contributed by atoms with E-state index >= 15 is 0 Å². The molecule has 3 heteroatoms. The van der Waals surface area contributed by atoms with Crippen LogP contribution >= 0.6 is 6.89 Å². The number of carbonyl (C=O) groups excluding carboxylic acids is 2. The first-order valence-corrected chi connectivity index (χ1v) is 10.0. The maximum absolute atomic E-state index is 12.6. The third-order valence-electron chi connectivity index (χ3n) is 4.62. The molecule has 1 fully saturated rings. The van der Waals surface area contributed by atoms with E-state index in [4.69, 9.17) is 0 Å². The van der Waals surface area contributed by atoms with Gasteiger partial charge in [-0.05, 0) is 22.8 Å². The number of Topliss-reactive ketones (excluding diaryl/α,β-unsaturated/α-hetero) is 2. The highest BCUT2D eigenvalue weighted by Crippen LogP contribution is 2.48. The summed E-state index contributed by atoms with van der Waals surface area (Å²) in [5, 5.41) is 3.62. The Morgan fingerprint density at radius 2 is 0.840 bits per heavy atom. The van der Waals surface area contributed by atoms with Crippen LogP contribution in [0.4, 0.5) is 0 Å². The van der Waals surface area contributed by atoms with Crippen LogP contribution in [0.5, 0.6) is 0 Å². The molecule has 4 rings (SSSR count). The number of ketones is 2. The number of benzene rings is 3. The molecule has 25 heavy (non-hydrogen) atoms. The van der Waals surface area contributed by atoms with Gasteiger partial charge in [0.2, 0.25) is 0 Å². The molecule has 0 radical (unpaired) electrons. The number of hydrogen-bond donors (Lipinski definition) is 0. The molecule has 0 atom stereocenters. The minimum atomic E-state index is -2.45.